The lowest BCUT2D eigenvalue weighted by Crippen LogP contribution is -2.30. The Labute approximate surface area is 150 Å². The van der Waals surface area contributed by atoms with Crippen LogP contribution in [0, 0.1) is 5.82 Å². The van der Waals surface area contributed by atoms with Crippen molar-refractivity contribution in [1.29, 1.82) is 0 Å². The van der Waals surface area contributed by atoms with E-state index >= 15 is 0 Å². The van der Waals surface area contributed by atoms with Gasteiger partial charge in [-0.05, 0) is 49.0 Å². The number of nitrogens with zero attached hydrogens (tertiary/aromatic N) is 1. The van der Waals surface area contributed by atoms with Crippen LogP contribution in [0.2, 0.25) is 0 Å². The minimum absolute atomic E-state index is 0.132. The standard InChI is InChI=1S/C19H17FN2O2S/c1-2-22-18(23)17(21-19(22)25)11-13-7-9-15(10-8-13)24-12-14-5-3-4-6-16(14)20/h3-11H,2,12H2,1H3,(H,21,25)/b17-11-. The molecule has 3 rings (SSSR count). The summed E-state index contributed by atoms with van der Waals surface area (Å²) < 4.78 is 19.2. The Bertz CT molecular complexity index is 834. The van der Waals surface area contributed by atoms with E-state index in [-0.39, 0.29) is 18.3 Å². The van der Waals surface area contributed by atoms with Gasteiger partial charge in [0.05, 0.1) is 0 Å². The zero-order valence-corrected chi connectivity index (χ0v) is 14.5. The maximum Gasteiger partial charge on any atom is 0.276 e. The Morgan fingerprint density at radius 2 is 1.92 bits per heavy atom. The molecule has 2 aromatic rings. The minimum atomic E-state index is -0.286. The van der Waals surface area contributed by atoms with Gasteiger partial charge in [0.15, 0.2) is 5.11 Å². The van der Waals surface area contributed by atoms with E-state index in [4.69, 9.17) is 17.0 Å². The Kier molecular flexibility index (Phi) is 5.09. The molecule has 0 aromatic heterocycles. The summed E-state index contributed by atoms with van der Waals surface area (Å²) in [6.07, 6.45) is 1.74. The predicted molar refractivity (Wildman–Crippen MR) is 98.3 cm³/mol. The Hall–Kier alpha value is -2.73. The maximum atomic E-state index is 13.6. The number of benzene rings is 2. The average molecular weight is 356 g/mol. The molecule has 1 aliphatic heterocycles. The topological polar surface area (TPSA) is 41.6 Å². The molecule has 0 atom stereocenters. The van der Waals surface area contributed by atoms with Gasteiger partial charge in [-0.3, -0.25) is 9.69 Å². The fourth-order valence-electron chi connectivity index (χ4n) is 2.46. The molecule has 0 unspecified atom stereocenters. The van der Waals surface area contributed by atoms with E-state index in [0.29, 0.717) is 28.7 Å². The fourth-order valence-corrected chi connectivity index (χ4v) is 2.78. The highest BCUT2D eigenvalue weighted by Gasteiger charge is 2.28. The Morgan fingerprint density at radius 1 is 1.20 bits per heavy atom. The molecule has 1 saturated heterocycles. The number of nitrogens with one attached hydrogen (secondary N) is 1. The van der Waals surface area contributed by atoms with E-state index in [2.05, 4.69) is 5.32 Å². The van der Waals surface area contributed by atoms with Crippen molar-refractivity contribution < 1.29 is 13.9 Å². The van der Waals surface area contributed by atoms with Crippen molar-refractivity contribution in [3.05, 3.63) is 71.2 Å². The van der Waals surface area contributed by atoms with Crippen LogP contribution < -0.4 is 10.1 Å². The molecular formula is C19H17FN2O2S. The third-order valence-corrected chi connectivity index (χ3v) is 4.14. The average Bonchev–Trinajstić information content (AvgIpc) is 2.88. The second-order valence-electron chi connectivity index (χ2n) is 5.49. The molecule has 1 fully saturated rings. The number of carbonyl (C=O) groups excluding carboxylic acids is 1. The van der Waals surface area contributed by atoms with Crippen molar-refractivity contribution in [1.82, 2.24) is 10.2 Å². The summed E-state index contributed by atoms with van der Waals surface area (Å²) in [5.41, 5.74) is 1.80. The van der Waals surface area contributed by atoms with Crippen molar-refractivity contribution in [2.45, 2.75) is 13.5 Å². The smallest absolute Gasteiger partial charge is 0.276 e. The SMILES string of the molecule is CCN1C(=O)/C(=C/c2ccc(OCc3ccccc3F)cc2)NC1=S. The van der Waals surface area contributed by atoms with E-state index in [0.717, 1.165) is 5.56 Å². The largest absolute Gasteiger partial charge is 0.489 e. The highest BCUT2D eigenvalue weighted by molar-refractivity contribution is 7.80. The lowest BCUT2D eigenvalue weighted by molar-refractivity contribution is -0.122. The van der Waals surface area contributed by atoms with Crippen LogP contribution in [0.25, 0.3) is 6.08 Å². The van der Waals surface area contributed by atoms with Crippen molar-refractivity contribution in [3.63, 3.8) is 0 Å². The minimum Gasteiger partial charge on any atom is -0.489 e. The molecule has 4 nitrogen and oxygen atoms in total. The van der Waals surface area contributed by atoms with Gasteiger partial charge in [-0.25, -0.2) is 4.39 Å². The van der Waals surface area contributed by atoms with E-state index in [9.17, 15) is 9.18 Å². The highest BCUT2D eigenvalue weighted by Crippen LogP contribution is 2.18. The number of thiocarbonyl (C=S) groups is 1. The van der Waals surface area contributed by atoms with Crippen LogP contribution >= 0.6 is 12.2 Å². The second kappa shape index (κ2) is 7.44. The summed E-state index contributed by atoms with van der Waals surface area (Å²) in [5.74, 6) is 0.209. The molecular weight excluding hydrogens is 339 g/mol. The number of amides is 1. The van der Waals surface area contributed by atoms with Crippen molar-refractivity contribution in [2.24, 2.45) is 0 Å². The van der Waals surface area contributed by atoms with Gasteiger partial charge in [-0.15, -0.1) is 0 Å². The summed E-state index contributed by atoms with van der Waals surface area (Å²) >= 11 is 5.12. The zero-order valence-electron chi connectivity index (χ0n) is 13.7. The van der Waals surface area contributed by atoms with Gasteiger partial charge in [0.2, 0.25) is 0 Å². The molecule has 6 heteroatoms. The summed E-state index contributed by atoms with van der Waals surface area (Å²) in [6.45, 7) is 2.56. The van der Waals surface area contributed by atoms with Gasteiger partial charge in [-0.2, -0.15) is 0 Å². The van der Waals surface area contributed by atoms with Crippen LogP contribution in [-0.2, 0) is 11.4 Å². The second-order valence-corrected chi connectivity index (χ2v) is 5.87. The maximum absolute atomic E-state index is 13.6. The van der Waals surface area contributed by atoms with Gasteiger partial charge >= 0.3 is 0 Å². The van der Waals surface area contributed by atoms with Gasteiger partial charge in [-0.1, -0.05) is 30.3 Å². The first-order valence-corrected chi connectivity index (χ1v) is 8.30. The quantitative estimate of drug-likeness (QED) is 0.658. The van der Waals surface area contributed by atoms with Gasteiger partial charge in [0.1, 0.15) is 23.9 Å². The number of ether oxygens (including phenoxy) is 1. The Morgan fingerprint density at radius 3 is 2.56 bits per heavy atom. The van der Waals surface area contributed by atoms with Crippen LogP contribution in [0.1, 0.15) is 18.1 Å². The van der Waals surface area contributed by atoms with Gasteiger partial charge in [0.25, 0.3) is 5.91 Å². The number of halogens is 1. The summed E-state index contributed by atoms with van der Waals surface area (Å²) in [4.78, 5) is 13.7. The first kappa shape index (κ1) is 17.1. The molecule has 1 heterocycles. The highest BCUT2D eigenvalue weighted by atomic mass is 32.1. The lowest BCUT2D eigenvalue weighted by Gasteiger charge is -2.09. The summed E-state index contributed by atoms with van der Waals surface area (Å²) in [7, 11) is 0. The lowest BCUT2D eigenvalue weighted by atomic mass is 10.2. The number of likely N-dealkylation sites (N-methyl/N-ethyl adjacent to an activating group) is 1. The van der Waals surface area contributed by atoms with Crippen LogP contribution in [0.3, 0.4) is 0 Å². The molecule has 1 amide bonds. The number of hydrogen-bond donors (Lipinski definition) is 1. The molecule has 128 valence electrons. The molecule has 1 N–H and O–H groups in total. The zero-order chi connectivity index (χ0) is 17.8. The van der Waals surface area contributed by atoms with E-state index in [1.165, 1.54) is 11.0 Å². The van der Waals surface area contributed by atoms with Crippen LogP contribution in [0.5, 0.6) is 5.75 Å². The number of carbonyl (C=O) groups is 1. The predicted octanol–water partition coefficient (Wildman–Crippen LogP) is 3.48. The first-order valence-electron chi connectivity index (χ1n) is 7.89. The fraction of sp³-hybridized carbons (Fsp3) is 0.158. The molecule has 0 spiro atoms. The van der Waals surface area contributed by atoms with Crippen LogP contribution in [0.15, 0.2) is 54.2 Å². The third kappa shape index (κ3) is 3.85. The van der Waals surface area contributed by atoms with E-state index in [1.807, 2.05) is 19.1 Å². The van der Waals surface area contributed by atoms with Crippen LogP contribution in [-0.4, -0.2) is 22.5 Å². The normalized spacial score (nSPS) is 15.6. The van der Waals surface area contributed by atoms with Crippen molar-refractivity contribution >= 4 is 29.3 Å². The molecule has 0 saturated carbocycles. The van der Waals surface area contributed by atoms with E-state index < -0.39 is 0 Å². The van der Waals surface area contributed by atoms with Gasteiger partial charge < -0.3 is 10.1 Å². The molecule has 0 bridgehead atoms. The molecule has 0 radical (unpaired) electrons. The number of hydrogen-bond acceptors (Lipinski definition) is 3. The third-order valence-electron chi connectivity index (χ3n) is 3.82. The monoisotopic (exact) mass is 356 g/mol. The number of rotatable bonds is 5. The summed E-state index contributed by atoms with van der Waals surface area (Å²) in [6, 6.07) is 13.7. The van der Waals surface area contributed by atoms with Crippen LogP contribution in [0.4, 0.5) is 4.39 Å². The summed E-state index contributed by atoms with van der Waals surface area (Å²) in [5, 5.41) is 3.34. The van der Waals surface area contributed by atoms with E-state index in [1.54, 1.807) is 36.4 Å². The molecule has 2 aromatic carbocycles. The molecule has 25 heavy (non-hydrogen) atoms. The van der Waals surface area contributed by atoms with Gasteiger partial charge in [0, 0.05) is 12.1 Å². The van der Waals surface area contributed by atoms with Crippen molar-refractivity contribution in [2.75, 3.05) is 6.54 Å². The first-order chi connectivity index (χ1) is 12.1. The van der Waals surface area contributed by atoms with Crippen molar-refractivity contribution in [3.8, 4) is 5.75 Å². The Balaban J connectivity index is 1.67. The molecule has 0 aliphatic carbocycles. The molecule has 1 aliphatic rings.